The number of nitrogens with zero attached hydrogens (tertiary/aromatic N) is 1. The lowest BCUT2D eigenvalue weighted by Gasteiger charge is -2.26. The van der Waals surface area contributed by atoms with Crippen molar-refractivity contribution in [2.24, 2.45) is 0 Å². The summed E-state index contributed by atoms with van der Waals surface area (Å²) in [6.45, 7) is 1.17. The molecule has 0 saturated carbocycles. The number of carbonyl (C=O) groups is 3. The first kappa shape index (κ1) is 23.5. The summed E-state index contributed by atoms with van der Waals surface area (Å²) in [4.78, 5) is 35.4. The number of amides is 1. The Balaban J connectivity index is 1.69. The van der Waals surface area contributed by atoms with Crippen molar-refractivity contribution >= 4 is 33.4 Å². The second-order valence-corrected chi connectivity index (χ2v) is 8.79. The first-order valence-electron chi connectivity index (χ1n) is 9.64. The van der Waals surface area contributed by atoms with Crippen molar-refractivity contribution in [3.63, 3.8) is 0 Å². The Kier molecular flexibility index (Phi) is 7.33. The highest BCUT2D eigenvalue weighted by Crippen LogP contribution is 2.22. The summed E-state index contributed by atoms with van der Waals surface area (Å²) in [5.41, 5.74) is 0.334. The average Bonchev–Trinajstić information content (AvgIpc) is 2.78. The number of para-hydroxylation sites is 1. The summed E-state index contributed by atoms with van der Waals surface area (Å²) in [5.74, 6) is -2.96. The van der Waals surface area contributed by atoms with Gasteiger partial charge in [-0.25, -0.2) is 17.6 Å². The molecule has 1 N–H and O–H groups in total. The van der Waals surface area contributed by atoms with Crippen LogP contribution in [0.1, 0.15) is 27.6 Å². The molecule has 1 fully saturated rings. The second-order valence-electron chi connectivity index (χ2n) is 6.89. The lowest BCUT2D eigenvalue weighted by molar-refractivity contribution is -0.119. The van der Waals surface area contributed by atoms with Crippen LogP contribution in [0.4, 0.5) is 10.1 Å². The largest absolute Gasteiger partial charge is 0.452 e. The monoisotopic (exact) mass is 464 g/mol. The fourth-order valence-corrected chi connectivity index (χ4v) is 4.55. The Labute approximate surface area is 184 Å². The number of hydrogen-bond donors (Lipinski definition) is 1. The van der Waals surface area contributed by atoms with Crippen LogP contribution in [0, 0.1) is 5.82 Å². The molecule has 2 aromatic rings. The van der Waals surface area contributed by atoms with Gasteiger partial charge in [-0.05, 0) is 37.3 Å². The van der Waals surface area contributed by atoms with Crippen molar-refractivity contribution < 1.29 is 36.7 Å². The maximum Gasteiger partial charge on any atom is 0.338 e. The molecule has 1 amide bonds. The molecular weight excluding hydrogens is 443 g/mol. The lowest BCUT2D eigenvalue weighted by atomic mass is 10.1. The van der Waals surface area contributed by atoms with Crippen molar-refractivity contribution in [1.82, 2.24) is 4.31 Å². The number of ether oxygens (including phenoxy) is 2. The number of benzene rings is 2. The van der Waals surface area contributed by atoms with Gasteiger partial charge in [0.05, 0.1) is 24.5 Å². The molecule has 32 heavy (non-hydrogen) atoms. The number of hydrogen-bond acceptors (Lipinski definition) is 7. The Morgan fingerprint density at radius 1 is 1.12 bits per heavy atom. The molecule has 1 aliphatic heterocycles. The average molecular weight is 464 g/mol. The number of nitrogens with one attached hydrogen (secondary N) is 1. The number of morpholine rings is 1. The molecule has 0 spiro atoms. The van der Waals surface area contributed by atoms with Crippen LogP contribution in [0.25, 0.3) is 0 Å². The second kappa shape index (κ2) is 9.98. The van der Waals surface area contributed by atoms with Crippen LogP contribution in [0.3, 0.4) is 0 Å². The molecule has 0 atom stereocenters. The van der Waals surface area contributed by atoms with Crippen LogP contribution in [-0.4, -0.2) is 63.3 Å². The first-order valence-corrected chi connectivity index (χ1v) is 11.1. The summed E-state index contributed by atoms with van der Waals surface area (Å²) in [7, 11) is -4.17. The summed E-state index contributed by atoms with van der Waals surface area (Å²) in [6.07, 6.45) is 0. The lowest BCUT2D eigenvalue weighted by Crippen LogP contribution is -2.41. The molecule has 0 unspecified atom stereocenters. The fraction of sp³-hybridized carbons (Fsp3) is 0.286. The van der Waals surface area contributed by atoms with Gasteiger partial charge in [-0.15, -0.1) is 0 Å². The standard InChI is InChI=1S/C21H21FN2O7S/c1-14(25)16-4-2-3-5-18(16)23-20(26)13-31-21(27)15-6-7-17(22)19(12-15)32(28,29)24-8-10-30-11-9-24/h2-7,12H,8-11,13H2,1H3,(H,23,26). The number of Topliss-reactive ketones (excluding diaryl/α,β-unsaturated/α-hetero) is 1. The van der Waals surface area contributed by atoms with Crippen LogP contribution < -0.4 is 5.32 Å². The van der Waals surface area contributed by atoms with Gasteiger partial charge in [0, 0.05) is 18.7 Å². The smallest absolute Gasteiger partial charge is 0.338 e. The molecule has 11 heteroatoms. The van der Waals surface area contributed by atoms with Gasteiger partial charge < -0.3 is 14.8 Å². The fourth-order valence-electron chi connectivity index (χ4n) is 3.05. The van der Waals surface area contributed by atoms with E-state index in [2.05, 4.69) is 5.32 Å². The van der Waals surface area contributed by atoms with Gasteiger partial charge in [0.25, 0.3) is 5.91 Å². The predicted molar refractivity (Wildman–Crippen MR) is 111 cm³/mol. The molecular formula is C21H21FN2O7S. The first-order chi connectivity index (χ1) is 15.2. The van der Waals surface area contributed by atoms with Crippen molar-refractivity contribution in [1.29, 1.82) is 0 Å². The number of carbonyl (C=O) groups excluding carboxylic acids is 3. The zero-order valence-corrected chi connectivity index (χ0v) is 18.0. The van der Waals surface area contributed by atoms with E-state index in [0.29, 0.717) is 5.56 Å². The van der Waals surface area contributed by atoms with E-state index in [0.717, 1.165) is 22.5 Å². The summed E-state index contributed by atoms with van der Waals surface area (Å²) < 4.78 is 50.8. The molecule has 0 bridgehead atoms. The van der Waals surface area contributed by atoms with E-state index < -0.39 is 39.2 Å². The minimum Gasteiger partial charge on any atom is -0.452 e. The van der Waals surface area contributed by atoms with Gasteiger partial charge in [-0.1, -0.05) is 12.1 Å². The number of esters is 1. The number of halogens is 1. The van der Waals surface area contributed by atoms with E-state index in [4.69, 9.17) is 9.47 Å². The van der Waals surface area contributed by atoms with E-state index in [1.54, 1.807) is 18.2 Å². The Morgan fingerprint density at radius 3 is 2.50 bits per heavy atom. The highest BCUT2D eigenvalue weighted by Gasteiger charge is 2.30. The van der Waals surface area contributed by atoms with Gasteiger partial charge in [0.15, 0.2) is 12.4 Å². The van der Waals surface area contributed by atoms with Crippen LogP contribution in [0.2, 0.25) is 0 Å². The van der Waals surface area contributed by atoms with Crippen molar-refractivity contribution in [3.05, 3.63) is 59.4 Å². The summed E-state index contributed by atoms with van der Waals surface area (Å²) in [5, 5.41) is 2.48. The molecule has 2 aromatic carbocycles. The molecule has 0 radical (unpaired) electrons. The molecule has 0 aromatic heterocycles. The normalized spacial score (nSPS) is 14.6. The van der Waals surface area contributed by atoms with Crippen LogP contribution >= 0.6 is 0 Å². The van der Waals surface area contributed by atoms with Crippen molar-refractivity contribution in [2.45, 2.75) is 11.8 Å². The summed E-state index contributed by atoms with van der Waals surface area (Å²) >= 11 is 0. The van der Waals surface area contributed by atoms with Crippen LogP contribution in [0.15, 0.2) is 47.4 Å². The zero-order valence-electron chi connectivity index (χ0n) is 17.2. The molecule has 3 rings (SSSR count). The topological polar surface area (TPSA) is 119 Å². The third-order valence-corrected chi connectivity index (χ3v) is 6.58. The number of anilines is 1. The third kappa shape index (κ3) is 5.36. The maximum absolute atomic E-state index is 14.3. The molecule has 0 aliphatic carbocycles. The van der Waals surface area contributed by atoms with E-state index in [1.807, 2.05) is 0 Å². The van der Waals surface area contributed by atoms with Gasteiger partial charge >= 0.3 is 5.97 Å². The van der Waals surface area contributed by atoms with Crippen molar-refractivity contribution in [3.8, 4) is 0 Å². The predicted octanol–water partition coefficient (Wildman–Crippen LogP) is 1.84. The third-order valence-electron chi connectivity index (χ3n) is 4.67. The van der Waals surface area contributed by atoms with E-state index in [1.165, 1.54) is 13.0 Å². The van der Waals surface area contributed by atoms with E-state index >= 15 is 0 Å². The highest BCUT2D eigenvalue weighted by molar-refractivity contribution is 7.89. The number of rotatable bonds is 7. The highest BCUT2D eigenvalue weighted by atomic mass is 32.2. The molecule has 1 aliphatic rings. The minimum absolute atomic E-state index is 0.0678. The number of sulfonamides is 1. The zero-order chi connectivity index (χ0) is 23.3. The quantitative estimate of drug-likeness (QED) is 0.491. The number of ketones is 1. The Hall–Kier alpha value is -3.15. The SMILES string of the molecule is CC(=O)c1ccccc1NC(=O)COC(=O)c1ccc(F)c(S(=O)(=O)N2CCOCC2)c1. The Morgan fingerprint density at radius 2 is 1.81 bits per heavy atom. The van der Waals surface area contributed by atoms with Crippen LogP contribution in [-0.2, 0) is 24.3 Å². The summed E-state index contributed by atoms with van der Waals surface area (Å²) in [6, 6.07) is 9.14. The molecule has 9 nitrogen and oxygen atoms in total. The van der Waals surface area contributed by atoms with Gasteiger partial charge in [-0.2, -0.15) is 4.31 Å². The van der Waals surface area contributed by atoms with Crippen molar-refractivity contribution in [2.75, 3.05) is 38.2 Å². The van der Waals surface area contributed by atoms with Crippen LogP contribution in [0.5, 0.6) is 0 Å². The molecule has 1 saturated heterocycles. The minimum atomic E-state index is -4.17. The molecule has 170 valence electrons. The van der Waals surface area contributed by atoms with E-state index in [-0.39, 0.29) is 43.3 Å². The maximum atomic E-state index is 14.3. The molecule has 1 heterocycles. The van der Waals surface area contributed by atoms with E-state index in [9.17, 15) is 27.2 Å². The van der Waals surface area contributed by atoms with Gasteiger partial charge in [0.2, 0.25) is 10.0 Å². The van der Waals surface area contributed by atoms with Gasteiger partial charge in [0.1, 0.15) is 10.7 Å². The Bertz CT molecular complexity index is 1140. The van der Waals surface area contributed by atoms with Gasteiger partial charge in [-0.3, -0.25) is 9.59 Å².